The SMILES string of the molecule is CC(=O)C[C@@H](C)[C@H]1CC=C2C3=C(CC[C@@]21C)[C@@]1(C)CCCCC1CC3. The van der Waals surface area contributed by atoms with Gasteiger partial charge < -0.3 is 4.79 Å². The predicted molar refractivity (Wildman–Crippen MR) is 104 cm³/mol. The minimum Gasteiger partial charge on any atom is -0.300 e. The van der Waals surface area contributed by atoms with Crippen LogP contribution in [-0.2, 0) is 4.79 Å². The molecule has 4 aliphatic rings. The van der Waals surface area contributed by atoms with Crippen LogP contribution >= 0.6 is 0 Å². The molecule has 1 fully saturated rings. The largest absolute Gasteiger partial charge is 0.300 e. The minimum absolute atomic E-state index is 0.325. The van der Waals surface area contributed by atoms with E-state index in [1.807, 2.05) is 5.57 Å². The van der Waals surface area contributed by atoms with Gasteiger partial charge in [0.2, 0.25) is 0 Å². The van der Waals surface area contributed by atoms with Crippen molar-refractivity contribution in [3.05, 3.63) is 22.8 Å². The molecule has 25 heavy (non-hydrogen) atoms. The molecule has 138 valence electrons. The summed E-state index contributed by atoms with van der Waals surface area (Å²) in [7, 11) is 0. The molecule has 4 rings (SSSR count). The van der Waals surface area contributed by atoms with Gasteiger partial charge in [0, 0.05) is 6.42 Å². The normalized spacial score (nSPS) is 41.5. The zero-order chi connectivity index (χ0) is 17.8. The number of carbonyl (C=O) groups is 1. The third kappa shape index (κ3) is 2.60. The van der Waals surface area contributed by atoms with E-state index in [0.29, 0.717) is 28.4 Å². The number of carbonyl (C=O) groups excluding carboxylic acids is 1. The molecule has 1 saturated carbocycles. The maximum absolute atomic E-state index is 11.7. The lowest BCUT2D eigenvalue weighted by Gasteiger charge is -2.53. The van der Waals surface area contributed by atoms with Gasteiger partial charge >= 0.3 is 0 Å². The number of fused-ring (bicyclic) bond motifs is 4. The van der Waals surface area contributed by atoms with E-state index in [9.17, 15) is 4.79 Å². The molecule has 0 saturated heterocycles. The third-order valence-corrected chi connectivity index (χ3v) is 8.72. The molecule has 0 aromatic rings. The first kappa shape index (κ1) is 17.6. The fourth-order valence-electron chi connectivity index (χ4n) is 7.38. The van der Waals surface area contributed by atoms with E-state index in [4.69, 9.17) is 0 Å². The average molecular weight is 341 g/mol. The first-order valence-electron chi connectivity index (χ1n) is 10.8. The van der Waals surface area contributed by atoms with Gasteiger partial charge in [-0.15, -0.1) is 0 Å². The molecule has 0 aromatic heterocycles. The maximum atomic E-state index is 11.7. The lowest BCUT2D eigenvalue weighted by Crippen LogP contribution is -2.41. The number of ketones is 1. The van der Waals surface area contributed by atoms with Crippen LogP contribution in [-0.4, -0.2) is 5.78 Å². The van der Waals surface area contributed by atoms with E-state index >= 15 is 0 Å². The highest BCUT2D eigenvalue weighted by Gasteiger charge is 2.52. The van der Waals surface area contributed by atoms with Crippen LogP contribution in [0.4, 0.5) is 0 Å². The van der Waals surface area contributed by atoms with Crippen molar-refractivity contribution in [2.24, 2.45) is 28.6 Å². The summed E-state index contributed by atoms with van der Waals surface area (Å²) < 4.78 is 0. The van der Waals surface area contributed by atoms with Gasteiger partial charge in [-0.25, -0.2) is 0 Å². The molecule has 0 radical (unpaired) electrons. The summed E-state index contributed by atoms with van der Waals surface area (Å²) in [4.78, 5) is 11.7. The van der Waals surface area contributed by atoms with Crippen LogP contribution in [0.1, 0.15) is 91.9 Å². The van der Waals surface area contributed by atoms with E-state index in [-0.39, 0.29) is 0 Å². The van der Waals surface area contributed by atoms with Crippen molar-refractivity contribution in [1.29, 1.82) is 0 Å². The first-order valence-corrected chi connectivity index (χ1v) is 10.8. The van der Waals surface area contributed by atoms with E-state index in [0.717, 1.165) is 12.3 Å². The van der Waals surface area contributed by atoms with Crippen LogP contribution in [0.2, 0.25) is 0 Å². The van der Waals surface area contributed by atoms with Crippen LogP contribution in [0.3, 0.4) is 0 Å². The molecule has 0 N–H and O–H groups in total. The highest BCUT2D eigenvalue weighted by atomic mass is 16.1. The zero-order valence-electron chi connectivity index (χ0n) is 16.8. The summed E-state index contributed by atoms with van der Waals surface area (Å²) in [6.07, 6.45) is 15.7. The van der Waals surface area contributed by atoms with Crippen molar-refractivity contribution in [1.82, 2.24) is 0 Å². The van der Waals surface area contributed by atoms with Crippen LogP contribution in [0.15, 0.2) is 22.8 Å². The smallest absolute Gasteiger partial charge is 0.130 e. The Hall–Kier alpha value is -0.850. The van der Waals surface area contributed by atoms with Crippen molar-refractivity contribution in [3.63, 3.8) is 0 Å². The lowest BCUT2D eigenvalue weighted by atomic mass is 9.52. The monoisotopic (exact) mass is 340 g/mol. The van der Waals surface area contributed by atoms with E-state index in [1.165, 1.54) is 57.8 Å². The molecule has 0 aromatic carbocycles. The van der Waals surface area contributed by atoms with Crippen LogP contribution < -0.4 is 0 Å². The van der Waals surface area contributed by atoms with Crippen molar-refractivity contribution in [2.45, 2.75) is 91.9 Å². The molecular formula is C24H36O. The Balaban J connectivity index is 1.66. The van der Waals surface area contributed by atoms with Crippen molar-refractivity contribution < 1.29 is 4.79 Å². The van der Waals surface area contributed by atoms with E-state index in [2.05, 4.69) is 26.8 Å². The molecule has 0 spiro atoms. The Kier molecular flexibility index (Phi) is 4.28. The van der Waals surface area contributed by atoms with Gasteiger partial charge in [-0.1, -0.05) is 45.3 Å². The zero-order valence-corrected chi connectivity index (χ0v) is 16.8. The summed E-state index contributed by atoms with van der Waals surface area (Å²) in [5.41, 5.74) is 6.15. The quantitative estimate of drug-likeness (QED) is 0.563. The highest BCUT2D eigenvalue weighted by molar-refractivity contribution is 5.75. The molecule has 0 aliphatic heterocycles. The number of allylic oxidation sites excluding steroid dienone is 4. The number of hydrogen-bond acceptors (Lipinski definition) is 1. The second kappa shape index (κ2) is 6.10. The Morgan fingerprint density at radius 2 is 1.96 bits per heavy atom. The third-order valence-electron chi connectivity index (χ3n) is 8.72. The van der Waals surface area contributed by atoms with Gasteiger partial charge in [-0.05, 0) is 91.6 Å². The molecule has 5 atom stereocenters. The van der Waals surface area contributed by atoms with Crippen LogP contribution in [0.25, 0.3) is 0 Å². The van der Waals surface area contributed by atoms with Crippen molar-refractivity contribution in [2.75, 3.05) is 0 Å². The minimum atomic E-state index is 0.325. The van der Waals surface area contributed by atoms with Crippen molar-refractivity contribution >= 4 is 5.78 Å². The van der Waals surface area contributed by atoms with E-state index in [1.54, 1.807) is 18.1 Å². The summed E-state index contributed by atoms with van der Waals surface area (Å²) >= 11 is 0. The van der Waals surface area contributed by atoms with Gasteiger partial charge in [0.05, 0.1) is 0 Å². The summed E-state index contributed by atoms with van der Waals surface area (Å²) in [6, 6.07) is 0. The Labute approximate surface area is 154 Å². The maximum Gasteiger partial charge on any atom is 0.130 e. The molecule has 1 unspecified atom stereocenters. The second-order valence-corrected chi connectivity index (χ2v) is 10.1. The van der Waals surface area contributed by atoms with Gasteiger partial charge in [-0.3, -0.25) is 0 Å². The fourth-order valence-corrected chi connectivity index (χ4v) is 7.38. The molecule has 4 aliphatic carbocycles. The molecular weight excluding hydrogens is 304 g/mol. The van der Waals surface area contributed by atoms with Gasteiger partial charge in [0.15, 0.2) is 0 Å². The number of hydrogen-bond donors (Lipinski definition) is 0. The Bertz CT molecular complexity index is 638. The topological polar surface area (TPSA) is 17.1 Å². The second-order valence-electron chi connectivity index (χ2n) is 10.1. The molecule has 0 amide bonds. The fraction of sp³-hybridized carbons (Fsp3) is 0.792. The van der Waals surface area contributed by atoms with Crippen LogP contribution in [0.5, 0.6) is 0 Å². The molecule has 0 bridgehead atoms. The lowest BCUT2D eigenvalue weighted by molar-refractivity contribution is -0.118. The summed E-state index contributed by atoms with van der Waals surface area (Å²) in [5.74, 6) is 2.48. The van der Waals surface area contributed by atoms with E-state index < -0.39 is 0 Å². The molecule has 1 heteroatoms. The van der Waals surface area contributed by atoms with Gasteiger partial charge in [-0.2, -0.15) is 0 Å². The standard InChI is InChI=1S/C24H36O/c1-16(15-17(2)25)20-10-11-21-19-9-8-18-7-5-6-13-23(18,3)22(19)12-14-24(20,21)4/h11,16,18,20H,5-10,12-15H2,1-4H3/t16-,18?,20-,23+,24-/m1/s1. The molecule has 0 heterocycles. The average Bonchev–Trinajstić information content (AvgIpc) is 2.91. The van der Waals surface area contributed by atoms with Gasteiger partial charge in [0.1, 0.15) is 5.78 Å². The Morgan fingerprint density at radius 1 is 1.16 bits per heavy atom. The predicted octanol–water partition coefficient (Wildman–Crippen LogP) is 6.63. The molecule has 1 nitrogen and oxygen atoms in total. The van der Waals surface area contributed by atoms with Gasteiger partial charge in [0.25, 0.3) is 0 Å². The summed E-state index contributed by atoms with van der Waals surface area (Å²) in [5, 5.41) is 0. The Morgan fingerprint density at radius 3 is 2.72 bits per heavy atom. The number of rotatable bonds is 3. The van der Waals surface area contributed by atoms with Crippen LogP contribution in [0, 0.1) is 28.6 Å². The first-order chi connectivity index (χ1) is 11.9. The number of Topliss-reactive ketones (excluding diaryl/α,β-unsaturated/α-hetero) is 1. The highest BCUT2D eigenvalue weighted by Crippen LogP contribution is 2.64. The summed E-state index contributed by atoms with van der Waals surface area (Å²) in [6.45, 7) is 9.19. The van der Waals surface area contributed by atoms with Crippen molar-refractivity contribution in [3.8, 4) is 0 Å².